The molecule has 0 aliphatic heterocycles. The molecule has 0 radical (unpaired) electrons. The van der Waals surface area contributed by atoms with E-state index in [0.29, 0.717) is 0 Å². The van der Waals surface area contributed by atoms with Crippen LogP contribution in [0.3, 0.4) is 0 Å². The van der Waals surface area contributed by atoms with E-state index in [1.54, 1.807) is 0 Å². The van der Waals surface area contributed by atoms with Crippen LogP contribution in [-0.2, 0) is 11.2 Å². The van der Waals surface area contributed by atoms with Gasteiger partial charge in [-0.1, -0.05) is 25.3 Å². The molecule has 3 heteroatoms. The van der Waals surface area contributed by atoms with Crippen LogP contribution < -0.4 is 5.32 Å². The second kappa shape index (κ2) is 7.85. The number of ether oxygens (including phenoxy) is 1. The van der Waals surface area contributed by atoms with E-state index in [2.05, 4.69) is 22.8 Å². The first-order valence-electron chi connectivity index (χ1n) is 6.76. The second-order valence-electron chi connectivity index (χ2n) is 4.78. The van der Waals surface area contributed by atoms with Gasteiger partial charge in [0.15, 0.2) is 0 Å². The lowest BCUT2D eigenvalue weighted by atomic mass is 9.83. The third kappa shape index (κ3) is 5.19. The minimum absolute atomic E-state index is 0.858. The van der Waals surface area contributed by atoms with Crippen molar-refractivity contribution in [1.29, 1.82) is 0 Å². The number of rotatable bonds is 9. The third-order valence-corrected chi connectivity index (χ3v) is 4.38. The SMILES string of the molecule is c1csc(CCNCCOCCC2CCC2)c1. The Morgan fingerprint density at radius 3 is 2.94 bits per heavy atom. The smallest absolute Gasteiger partial charge is 0.0590 e. The van der Waals surface area contributed by atoms with E-state index < -0.39 is 0 Å². The summed E-state index contributed by atoms with van der Waals surface area (Å²) in [4.78, 5) is 1.46. The molecule has 0 amide bonds. The highest BCUT2D eigenvalue weighted by Gasteiger charge is 2.16. The van der Waals surface area contributed by atoms with E-state index in [-0.39, 0.29) is 0 Å². The zero-order valence-electron chi connectivity index (χ0n) is 10.5. The van der Waals surface area contributed by atoms with Gasteiger partial charge >= 0.3 is 0 Å². The van der Waals surface area contributed by atoms with Crippen molar-refractivity contribution in [2.24, 2.45) is 5.92 Å². The van der Waals surface area contributed by atoms with Crippen molar-refractivity contribution in [1.82, 2.24) is 5.32 Å². The average molecular weight is 253 g/mol. The Bertz CT molecular complexity index is 282. The molecule has 1 aliphatic carbocycles. The van der Waals surface area contributed by atoms with Crippen molar-refractivity contribution in [2.45, 2.75) is 32.1 Å². The van der Waals surface area contributed by atoms with Crippen LogP contribution >= 0.6 is 11.3 Å². The van der Waals surface area contributed by atoms with Crippen LogP contribution in [0.2, 0.25) is 0 Å². The van der Waals surface area contributed by atoms with E-state index in [0.717, 1.165) is 38.6 Å². The predicted molar refractivity (Wildman–Crippen MR) is 73.7 cm³/mol. The lowest BCUT2D eigenvalue weighted by Crippen LogP contribution is -2.23. The van der Waals surface area contributed by atoms with Crippen LogP contribution in [0.25, 0.3) is 0 Å². The van der Waals surface area contributed by atoms with E-state index in [1.807, 2.05) is 11.3 Å². The topological polar surface area (TPSA) is 21.3 Å². The van der Waals surface area contributed by atoms with Crippen molar-refractivity contribution in [3.63, 3.8) is 0 Å². The molecule has 17 heavy (non-hydrogen) atoms. The summed E-state index contributed by atoms with van der Waals surface area (Å²) in [6.45, 7) is 3.86. The molecule has 0 aromatic carbocycles. The molecular weight excluding hydrogens is 230 g/mol. The van der Waals surface area contributed by atoms with Gasteiger partial charge in [-0.15, -0.1) is 11.3 Å². The number of hydrogen-bond donors (Lipinski definition) is 1. The minimum atomic E-state index is 0.858. The zero-order valence-corrected chi connectivity index (χ0v) is 11.3. The highest BCUT2D eigenvalue weighted by atomic mass is 32.1. The molecule has 0 saturated heterocycles. The lowest BCUT2D eigenvalue weighted by Gasteiger charge is -2.24. The highest BCUT2D eigenvalue weighted by Crippen LogP contribution is 2.28. The predicted octanol–water partition coefficient (Wildman–Crippen LogP) is 3.09. The first kappa shape index (κ1) is 13.1. The Hall–Kier alpha value is -0.380. The summed E-state index contributed by atoms with van der Waals surface area (Å²) in [5.74, 6) is 0.974. The molecule has 2 nitrogen and oxygen atoms in total. The van der Waals surface area contributed by atoms with Crippen LogP contribution in [0.15, 0.2) is 17.5 Å². The first-order valence-corrected chi connectivity index (χ1v) is 7.64. The van der Waals surface area contributed by atoms with E-state index >= 15 is 0 Å². The maximum absolute atomic E-state index is 5.62. The fourth-order valence-corrected chi connectivity index (χ4v) is 2.78. The fourth-order valence-electron chi connectivity index (χ4n) is 2.07. The van der Waals surface area contributed by atoms with Crippen LogP contribution in [0.4, 0.5) is 0 Å². The summed E-state index contributed by atoms with van der Waals surface area (Å²) in [5, 5.41) is 5.56. The van der Waals surface area contributed by atoms with Crippen molar-refractivity contribution in [3.05, 3.63) is 22.4 Å². The van der Waals surface area contributed by atoms with Gasteiger partial charge in [0.2, 0.25) is 0 Å². The first-order chi connectivity index (χ1) is 8.45. The Morgan fingerprint density at radius 2 is 2.24 bits per heavy atom. The molecule has 1 N–H and O–H groups in total. The van der Waals surface area contributed by atoms with Gasteiger partial charge in [-0.3, -0.25) is 0 Å². The molecule has 1 aliphatic rings. The van der Waals surface area contributed by atoms with Gasteiger partial charge in [-0.05, 0) is 30.2 Å². The fraction of sp³-hybridized carbons (Fsp3) is 0.714. The summed E-state index contributed by atoms with van der Waals surface area (Å²) in [6, 6.07) is 4.31. The van der Waals surface area contributed by atoms with Crippen molar-refractivity contribution >= 4 is 11.3 Å². The molecule has 1 saturated carbocycles. The van der Waals surface area contributed by atoms with Crippen molar-refractivity contribution < 1.29 is 4.74 Å². The van der Waals surface area contributed by atoms with Gasteiger partial charge in [0.25, 0.3) is 0 Å². The molecule has 2 rings (SSSR count). The maximum atomic E-state index is 5.62. The van der Waals surface area contributed by atoms with Gasteiger partial charge in [0.1, 0.15) is 0 Å². The largest absolute Gasteiger partial charge is 0.380 e. The molecule has 0 spiro atoms. The average Bonchev–Trinajstić information content (AvgIpc) is 2.77. The van der Waals surface area contributed by atoms with E-state index in [9.17, 15) is 0 Å². The molecule has 1 aromatic heterocycles. The van der Waals surface area contributed by atoms with Crippen LogP contribution in [0.1, 0.15) is 30.6 Å². The van der Waals surface area contributed by atoms with Gasteiger partial charge in [-0.25, -0.2) is 0 Å². The van der Waals surface area contributed by atoms with Gasteiger partial charge in [-0.2, -0.15) is 0 Å². The van der Waals surface area contributed by atoms with Crippen LogP contribution in [-0.4, -0.2) is 26.3 Å². The molecule has 96 valence electrons. The van der Waals surface area contributed by atoms with Gasteiger partial charge in [0, 0.05) is 24.6 Å². The quantitative estimate of drug-likeness (QED) is 0.683. The van der Waals surface area contributed by atoms with Gasteiger partial charge in [0.05, 0.1) is 6.61 Å². The summed E-state index contributed by atoms with van der Waals surface area (Å²) in [5.41, 5.74) is 0. The summed E-state index contributed by atoms with van der Waals surface area (Å²) in [7, 11) is 0. The lowest BCUT2D eigenvalue weighted by molar-refractivity contribution is 0.108. The summed E-state index contributed by atoms with van der Waals surface area (Å²) >= 11 is 1.84. The van der Waals surface area contributed by atoms with E-state index in [4.69, 9.17) is 4.74 Å². The van der Waals surface area contributed by atoms with Crippen molar-refractivity contribution in [2.75, 3.05) is 26.3 Å². The number of hydrogen-bond acceptors (Lipinski definition) is 3. The monoisotopic (exact) mass is 253 g/mol. The van der Waals surface area contributed by atoms with Crippen molar-refractivity contribution in [3.8, 4) is 0 Å². The van der Waals surface area contributed by atoms with Gasteiger partial charge < -0.3 is 10.1 Å². The molecule has 1 heterocycles. The van der Waals surface area contributed by atoms with Crippen LogP contribution in [0.5, 0.6) is 0 Å². The molecule has 0 bridgehead atoms. The molecule has 0 atom stereocenters. The minimum Gasteiger partial charge on any atom is -0.380 e. The molecule has 1 aromatic rings. The zero-order chi connectivity index (χ0) is 11.8. The molecule has 0 unspecified atom stereocenters. The Kier molecular flexibility index (Phi) is 6.03. The molecule has 1 fully saturated rings. The second-order valence-corrected chi connectivity index (χ2v) is 5.81. The number of nitrogens with one attached hydrogen (secondary N) is 1. The summed E-state index contributed by atoms with van der Waals surface area (Å²) < 4.78 is 5.62. The Labute approximate surface area is 108 Å². The van der Waals surface area contributed by atoms with E-state index in [1.165, 1.54) is 30.6 Å². The normalized spacial score (nSPS) is 16.0. The molecular formula is C14H23NOS. The van der Waals surface area contributed by atoms with Crippen LogP contribution in [0, 0.1) is 5.92 Å². The summed E-state index contributed by atoms with van der Waals surface area (Å²) in [6.07, 6.45) is 6.72. The Balaban J connectivity index is 1.34. The number of thiophene rings is 1. The standard InChI is InChI=1S/C14H23NOS/c1-3-13(4-1)7-10-16-11-9-15-8-6-14-5-2-12-17-14/h2,5,12-13,15H,1,3-4,6-11H2. The maximum Gasteiger partial charge on any atom is 0.0590 e. The Morgan fingerprint density at radius 1 is 1.29 bits per heavy atom. The third-order valence-electron chi connectivity index (χ3n) is 3.45. The highest BCUT2D eigenvalue weighted by molar-refractivity contribution is 7.09.